The first-order chi connectivity index (χ1) is 10.0. The van der Waals surface area contributed by atoms with Crippen molar-refractivity contribution in [3.05, 3.63) is 34.8 Å². The number of amides is 1. The molecule has 2 aromatic heterocycles. The van der Waals surface area contributed by atoms with Crippen LogP contribution < -0.4 is 0 Å². The lowest BCUT2D eigenvalue weighted by molar-refractivity contribution is 0.0635. The molecule has 1 atom stereocenters. The lowest BCUT2D eigenvalue weighted by atomic mass is 10.1. The zero-order valence-electron chi connectivity index (χ0n) is 12.2. The standard InChI is InChI=1S/C14H17ClN4O2/c1-8(2)12-16-17-13-9(3)18(5-6-19(12)13)14(20)10-4-7-21-11(10)15/h4,7-9H,5-6H2,1-3H3. The summed E-state index contributed by atoms with van der Waals surface area (Å²) in [5.41, 5.74) is 0.389. The van der Waals surface area contributed by atoms with Crippen molar-refractivity contribution in [3.63, 3.8) is 0 Å². The van der Waals surface area contributed by atoms with Crippen LogP contribution in [0.2, 0.25) is 5.22 Å². The second-order valence-electron chi connectivity index (χ2n) is 5.51. The van der Waals surface area contributed by atoms with Crippen molar-refractivity contribution >= 4 is 17.5 Å². The van der Waals surface area contributed by atoms with E-state index in [0.29, 0.717) is 24.6 Å². The zero-order valence-corrected chi connectivity index (χ0v) is 13.0. The molecule has 112 valence electrons. The maximum atomic E-state index is 12.6. The number of halogens is 1. The van der Waals surface area contributed by atoms with Crippen molar-refractivity contribution in [3.8, 4) is 0 Å². The van der Waals surface area contributed by atoms with E-state index in [1.807, 2.05) is 6.92 Å². The first-order valence-corrected chi connectivity index (χ1v) is 7.35. The van der Waals surface area contributed by atoms with Gasteiger partial charge in [-0.2, -0.15) is 0 Å². The van der Waals surface area contributed by atoms with Gasteiger partial charge >= 0.3 is 0 Å². The molecule has 7 heteroatoms. The van der Waals surface area contributed by atoms with Crippen LogP contribution in [0.25, 0.3) is 0 Å². The molecule has 3 rings (SSSR count). The van der Waals surface area contributed by atoms with Crippen molar-refractivity contribution < 1.29 is 9.21 Å². The van der Waals surface area contributed by atoms with Gasteiger partial charge in [-0.15, -0.1) is 10.2 Å². The summed E-state index contributed by atoms with van der Waals surface area (Å²) in [5.74, 6) is 1.95. The first-order valence-electron chi connectivity index (χ1n) is 6.97. The molecular weight excluding hydrogens is 292 g/mol. The van der Waals surface area contributed by atoms with Gasteiger partial charge in [0.15, 0.2) is 5.82 Å². The Morgan fingerprint density at radius 1 is 1.43 bits per heavy atom. The number of aromatic nitrogens is 3. The molecule has 0 radical (unpaired) electrons. The minimum atomic E-state index is -0.141. The minimum absolute atomic E-state index is 0.127. The molecule has 2 aromatic rings. The van der Waals surface area contributed by atoms with E-state index in [1.165, 1.54) is 6.26 Å². The third kappa shape index (κ3) is 2.23. The Kier molecular flexibility index (Phi) is 3.49. The molecule has 0 N–H and O–H groups in total. The Morgan fingerprint density at radius 3 is 2.81 bits per heavy atom. The zero-order chi connectivity index (χ0) is 15.1. The van der Waals surface area contributed by atoms with Crippen LogP contribution in [0.15, 0.2) is 16.7 Å². The third-order valence-electron chi connectivity index (χ3n) is 3.84. The number of hydrogen-bond donors (Lipinski definition) is 0. The molecular formula is C14H17ClN4O2. The molecule has 6 nitrogen and oxygen atoms in total. The van der Waals surface area contributed by atoms with E-state index < -0.39 is 0 Å². The smallest absolute Gasteiger partial charge is 0.259 e. The summed E-state index contributed by atoms with van der Waals surface area (Å²) in [7, 11) is 0. The fourth-order valence-electron chi connectivity index (χ4n) is 2.71. The van der Waals surface area contributed by atoms with Gasteiger partial charge in [-0.25, -0.2) is 0 Å². The molecule has 1 amide bonds. The van der Waals surface area contributed by atoms with Crippen molar-refractivity contribution in [2.45, 2.75) is 39.3 Å². The molecule has 0 fully saturated rings. The molecule has 0 saturated carbocycles. The highest BCUT2D eigenvalue weighted by Crippen LogP contribution is 2.29. The normalized spacial score (nSPS) is 18.1. The van der Waals surface area contributed by atoms with Crippen molar-refractivity contribution in [2.75, 3.05) is 6.54 Å². The van der Waals surface area contributed by atoms with Gasteiger partial charge in [0.25, 0.3) is 5.91 Å². The average Bonchev–Trinajstić information content (AvgIpc) is 3.04. The summed E-state index contributed by atoms with van der Waals surface area (Å²) in [6, 6.07) is 1.45. The van der Waals surface area contributed by atoms with Crippen LogP contribution in [0.4, 0.5) is 0 Å². The highest BCUT2D eigenvalue weighted by Gasteiger charge is 2.33. The number of carbonyl (C=O) groups excluding carboxylic acids is 1. The number of rotatable bonds is 2. The predicted molar refractivity (Wildman–Crippen MR) is 77.3 cm³/mol. The monoisotopic (exact) mass is 308 g/mol. The molecule has 1 aliphatic rings. The summed E-state index contributed by atoms with van der Waals surface area (Å²) in [4.78, 5) is 14.3. The average molecular weight is 309 g/mol. The number of hydrogen-bond acceptors (Lipinski definition) is 4. The Bertz CT molecular complexity index is 676. The van der Waals surface area contributed by atoms with Gasteiger partial charge < -0.3 is 13.9 Å². The van der Waals surface area contributed by atoms with Gasteiger partial charge in [0.1, 0.15) is 5.82 Å². The van der Waals surface area contributed by atoms with Gasteiger partial charge in [0.05, 0.1) is 17.9 Å². The van der Waals surface area contributed by atoms with Crippen LogP contribution in [0.5, 0.6) is 0 Å². The van der Waals surface area contributed by atoms with E-state index in [9.17, 15) is 4.79 Å². The van der Waals surface area contributed by atoms with Crippen molar-refractivity contribution in [1.82, 2.24) is 19.7 Å². The fourth-order valence-corrected chi connectivity index (χ4v) is 2.91. The van der Waals surface area contributed by atoms with Gasteiger partial charge in [-0.3, -0.25) is 4.79 Å². The number of carbonyl (C=O) groups is 1. The van der Waals surface area contributed by atoms with E-state index in [-0.39, 0.29) is 17.2 Å². The fraction of sp³-hybridized carbons (Fsp3) is 0.500. The van der Waals surface area contributed by atoms with Gasteiger partial charge in [-0.1, -0.05) is 13.8 Å². The largest absolute Gasteiger partial charge is 0.452 e. The number of furan rings is 1. The predicted octanol–water partition coefficient (Wildman–Crippen LogP) is 2.86. The van der Waals surface area contributed by atoms with E-state index in [1.54, 1.807) is 11.0 Å². The lowest BCUT2D eigenvalue weighted by Crippen LogP contribution is -2.41. The molecule has 1 aliphatic heterocycles. The topological polar surface area (TPSA) is 64.2 Å². The highest BCUT2D eigenvalue weighted by molar-refractivity contribution is 6.32. The summed E-state index contributed by atoms with van der Waals surface area (Å²) in [6.45, 7) is 7.43. The quantitative estimate of drug-likeness (QED) is 0.855. The molecule has 0 aliphatic carbocycles. The summed E-state index contributed by atoms with van der Waals surface area (Å²) >= 11 is 5.90. The minimum Gasteiger partial charge on any atom is -0.452 e. The maximum absolute atomic E-state index is 12.6. The Balaban J connectivity index is 1.91. The molecule has 1 unspecified atom stereocenters. The Hall–Kier alpha value is -1.82. The first kappa shape index (κ1) is 14.1. The van der Waals surface area contributed by atoms with Crippen LogP contribution in [0.3, 0.4) is 0 Å². The van der Waals surface area contributed by atoms with E-state index in [2.05, 4.69) is 28.6 Å². The van der Waals surface area contributed by atoms with Crippen LogP contribution >= 0.6 is 11.6 Å². The summed E-state index contributed by atoms with van der Waals surface area (Å²) in [6.07, 6.45) is 1.42. The molecule has 0 saturated heterocycles. The SMILES string of the molecule is CC(C)c1nnc2n1CCN(C(=O)c1ccoc1Cl)C2C. The Morgan fingerprint density at radius 2 is 2.19 bits per heavy atom. The number of nitrogens with zero attached hydrogens (tertiary/aromatic N) is 4. The molecule has 0 spiro atoms. The second kappa shape index (κ2) is 5.18. The van der Waals surface area contributed by atoms with Crippen molar-refractivity contribution in [1.29, 1.82) is 0 Å². The number of fused-ring (bicyclic) bond motifs is 1. The van der Waals surface area contributed by atoms with Crippen LogP contribution in [-0.2, 0) is 6.54 Å². The van der Waals surface area contributed by atoms with Gasteiger partial charge in [0, 0.05) is 19.0 Å². The van der Waals surface area contributed by atoms with Gasteiger partial charge in [0.2, 0.25) is 5.22 Å². The lowest BCUT2D eigenvalue weighted by Gasteiger charge is -2.33. The van der Waals surface area contributed by atoms with E-state index >= 15 is 0 Å². The van der Waals surface area contributed by atoms with E-state index in [0.717, 1.165) is 11.6 Å². The summed E-state index contributed by atoms with van der Waals surface area (Å²) in [5, 5.41) is 8.64. The maximum Gasteiger partial charge on any atom is 0.259 e. The molecule has 0 bridgehead atoms. The van der Waals surface area contributed by atoms with Gasteiger partial charge in [-0.05, 0) is 24.6 Å². The van der Waals surface area contributed by atoms with Crippen LogP contribution in [0.1, 0.15) is 54.7 Å². The molecule has 21 heavy (non-hydrogen) atoms. The Labute approximate surface area is 127 Å². The molecule has 0 aromatic carbocycles. The van der Waals surface area contributed by atoms with E-state index in [4.69, 9.17) is 16.0 Å². The third-order valence-corrected chi connectivity index (χ3v) is 4.13. The van der Waals surface area contributed by atoms with Crippen LogP contribution in [0, 0.1) is 0 Å². The van der Waals surface area contributed by atoms with Crippen LogP contribution in [-0.4, -0.2) is 32.1 Å². The highest BCUT2D eigenvalue weighted by atomic mass is 35.5. The molecule has 3 heterocycles. The van der Waals surface area contributed by atoms with Crippen molar-refractivity contribution in [2.24, 2.45) is 0 Å². The second-order valence-corrected chi connectivity index (χ2v) is 5.85. The summed E-state index contributed by atoms with van der Waals surface area (Å²) < 4.78 is 7.11.